The van der Waals surface area contributed by atoms with E-state index in [2.05, 4.69) is 6.92 Å². The highest BCUT2D eigenvalue weighted by atomic mass is 16.7. The monoisotopic (exact) mass is 212 g/mol. The van der Waals surface area contributed by atoms with Gasteiger partial charge in [0.25, 0.3) is 0 Å². The standard InChI is InChI=1S/C11H20N2O2/c1-3-4-5-10-6-7-11(12)13(8-10)15-9(2)14/h10,12H,3-8H2,1-2H3. The molecule has 1 atom stereocenters. The molecule has 0 amide bonds. The molecule has 1 saturated heterocycles. The van der Waals surface area contributed by atoms with E-state index >= 15 is 0 Å². The second kappa shape index (κ2) is 5.73. The van der Waals surface area contributed by atoms with Gasteiger partial charge in [-0.3, -0.25) is 10.2 Å². The van der Waals surface area contributed by atoms with Crippen LogP contribution in [0.15, 0.2) is 0 Å². The Morgan fingerprint density at radius 3 is 3.00 bits per heavy atom. The van der Waals surface area contributed by atoms with Gasteiger partial charge in [-0.1, -0.05) is 19.8 Å². The second-order valence-electron chi connectivity index (χ2n) is 4.14. The molecule has 0 spiro atoms. The summed E-state index contributed by atoms with van der Waals surface area (Å²) >= 11 is 0. The predicted molar refractivity (Wildman–Crippen MR) is 58.4 cm³/mol. The molecule has 4 heteroatoms. The molecule has 0 bridgehead atoms. The van der Waals surface area contributed by atoms with Crippen LogP contribution in [0.3, 0.4) is 0 Å². The topological polar surface area (TPSA) is 53.4 Å². The molecule has 0 aromatic rings. The Morgan fingerprint density at radius 1 is 1.67 bits per heavy atom. The number of unbranched alkanes of at least 4 members (excludes halogenated alkanes) is 1. The number of carbonyl (C=O) groups is 1. The van der Waals surface area contributed by atoms with Crippen molar-refractivity contribution in [1.29, 1.82) is 5.41 Å². The number of hydrogen-bond donors (Lipinski definition) is 1. The summed E-state index contributed by atoms with van der Waals surface area (Å²) in [5.74, 6) is 0.659. The van der Waals surface area contributed by atoms with Gasteiger partial charge < -0.3 is 4.84 Å². The van der Waals surface area contributed by atoms with Crippen molar-refractivity contribution < 1.29 is 9.63 Å². The first kappa shape index (κ1) is 12.0. The minimum Gasteiger partial charge on any atom is -0.340 e. The molecular weight excluding hydrogens is 192 g/mol. The Kier molecular flexibility index (Phi) is 4.59. The summed E-state index contributed by atoms with van der Waals surface area (Å²) in [7, 11) is 0. The van der Waals surface area contributed by atoms with Crippen LogP contribution in [-0.4, -0.2) is 23.4 Å². The second-order valence-corrected chi connectivity index (χ2v) is 4.14. The third kappa shape index (κ3) is 3.90. The van der Waals surface area contributed by atoms with Crippen LogP contribution in [0.5, 0.6) is 0 Å². The molecule has 0 aliphatic carbocycles. The molecule has 1 aliphatic rings. The molecule has 0 saturated carbocycles. The van der Waals surface area contributed by atoms with Gasteiger partial charge in [0.1, 0.15) is 5.84 Å². The van der Waals surface area contributed by atoms with Gasteiger partial charge in [0.15, 0.2) is 0 Å². The third-order valence-electron chi connectivity index (χ3n) is 2.72. The highest BCUT2D eigenvalue weighted by Gasteiger charge is 2.24. The van der Waals surface area contributed by atoms with Gasteiger partial charge in [-0.25, -0.2) is 0 Å². The molecule has 15 heavy (non-hydrogen) atoms. The zero-order valence-corrected chi connectivity index (χ0v) is 9.58. The summed E-state index contributed by atoms with van der Waals surface area (Å²) in [6.45, 7) is 4.25. The maximum atomic E-state index is 10.8. The molecule has 1 aliphatic heterocycles. The molecule has 1 heterocycles. The fourth-order valence-corrected chi connectivity index (χ4v) is 1.88. The first-order valence-corrected chi connectivity index (χ1v) is 5.67. The van der Waals surface area contributed by atoms with Crippen LogP contribution in [-0.2, 0) is 9.63 Å². The Hall–Kier alpha value is -1.06. The van der Waals surface area contributed by atoms with Crippen LogP contribution in [0.1, 0.15) is 46.0 Å². The Morgan fingerprint density at radius 2 is 2.40 bits per heavy atom. The van der Waals surface area contributed by atoms with Crippen LogP contribution in [0.25, 0.3) is 0 Å². The quantitative estimate of drug-likeness (QED) is 0.778. The van der Waals surface area contributed by atoms with E-state index in [0.29, 0.717) is 18.3 Å². The van der Waals surface area contributed by atoms with Crippen LogP contribution < -0.4 is 0 Å². The zero-order valence-electron chi connectivity index (χ0n) is 9.58. The Balaban J connectivity index is 2.41. The lowest BCUT2D eigenvalue weighted by molar-refractivity contribution is -0.174. The van der Waals surface area contributed by atoms with Gasteiger partial charge >= 0.3 is 5.97 Å². The van der Waals surface area contributed by atoms with E-state index in [1.54, 1.807) is 0 Å². The number of nitrogens with one attached hydrogen (secondary N) is 1. The van der Waals surface area contributed by atoms with Gasteiger partial charge in [0.2, 0.25) is 0 Å². The molecule has 86 valence electrons. The van der Waals surface area contributed by atoms with Gasteiger partial charge in [0.05, 0.1) is 6.54 Å². The van der Waals surface area contributed by atoms with E-state index in [4.69, 9.17) is 10.2 Å². The van der Waals surface area contributed by atoms with Crippen molar-refractivity contribution in [1.82, 2.24) is 5.06 Å². The number of piperidine rings is 1. The lowest BCUT2D eigenvalue weighted by Gasteiger charge is -2.32. The van der Waals surface area contributed by atoms with Gasteiger partial charge in [-0.05, 0) is 18.8 Å². The third-order valence-corrected chi connectivity index (χ3v) is 2.72. The van der Waals surface area contributed by atoms with Gasteiger partial charge in [-0.15, -0.1) is 0 Å². The van der Waals surface area contributed by atoms with E-state index in [9.17, 15) is 4.79 Å². The van der Waals surface area contributed by atoms with E-state index in [1.807, 2.05) is 0 Å². The van der Waals surface area contributed by atoms with Crippen molar-refractivity contribution in [2.24, 2.45) is 5.92 Å². The van der Waals surface area contributed by atoms with Crippen molar-refractivity contribution in [3.63, 3.8) is 0 Å². The summed E-state index contributed by atoms with van der Waals surface area (Å²) in [5.41, 5.74) is 0. The number of carbonyl (C=O) groups excluding carboxylic acids is 1. The lowest BCUT2D eigenvalue weighted by Crippen LogP contribution is -2.40. The van der Waals surface area contributed by atoms with E-state index in [1.165, 1.54) is 31.2 Å². The maximum absolute atomic E-state index is 10.8. The molecule has 0 radical (unpaired) electrons. The van der Waals surface area contributed by atoms with E-state index < -0.39 is 0 Å². The highest BCUT2D eigenvalue weighted by Crippen LogP contribution is 2.22. The lowest BCUT2D eigenvalue weighted by atomic mass is 9.93. The number of nitrogens with zero attached hydrogens (tertiary/aromatic N) is 1. The molecule has 1 fully saturated rings. The van der Waals surface area contributed by atoms with Gasteiger partial charge in [0, 0.05) is 13.3 Å². The van der Waals surface area contributed by atoms with Crippen molar-refractivity contribution >= 4 is 11.8 Å². The van der Waals surface area contributed by atoms with E-state index in [0.717, 1.165) is 12.8 Å². The number of hydrogen-bond acceptors (Lipinski definition) is 3. The zero-order chi connectivity index (χ0) is 11.3. The van der Waals surface area contributed by atoms with Crippen molar-refractivity contribution in [3.05, 3.63) is 0 Å². The summed E-state index contributed by atoms with van der Waals surface area (Å²) in [5, 5.41) is 9.11. The van der Waals surface area contributed by atoms with Crippen LogP contribution in [0, 0.1) is 11.3 Å². The largest absolute Gasteiger partial charge is 0.340 e. The minimum absolute atomic E-state index is 0.337. The summed E-state index contributed by atoms with van der Waals surface area (Å²) < 4.78 is 0. The maximum Gasteiger partial charge on any atom is 0.329 e. The molecule has 0 aromatic carbocycles. The summed E-state index contributed by atoms with van der Waals surface area (Å²) in [6, 6.07) is 0. The Labute approximate surface area is 91.1 Å². The number of amidine groups is 1. The van der Waals surface area contributed by atoms with Crippen LogP contribution in [0.4, 0.5) is 0 Å². The summed E-state index contributed by atoms with van der Waals surface area (Å²) in [4.78, 5) is 15.8. The normalized spacial score (nSPS) is 21.6. The molecule has 4 nitrogen and oxygen atoms in total. The predicted octanol–water partition coefficient (Wildman–Crippen LogP) is 2.34. The summed E-state index contributed by atoms with van der Waals surface area (Å²) in [6.07, 6.45) is 5.35. The van der Waals surface area contributed by atoms with Crippen molar-refractivity contribution in [2.45, 2.75) is 46.0 Å². The van der Waals surface area contributed by atoms with E-state index in [-0.39, 0.29) is 5.97 Å². The molecule has 0 aromatic heterocycles. The van der Waals surface area contributed by atoms with Crippen molar-refractivity contribution in [3.8, 4) is 0 Å². The molecule has 1 N–H and O–H groups in total. The first-order chi connectivity index (χ1) is 7.13. The average molecular weight is 212 g/mol. The first-order valence-electron chi connectivity index (χ1n) is 5.67. The van der Waals surface area contributed by atoms with Gasteiger partial charge in [-0.2, -0.15) is 5.06 Å². The average Bonchev–Trinajstić information content (AvgIpc) is 2.18. The molecular formula is C11H20N2O2. The fraction of sp³-hybridized carbons (Fsp3) is 0.818. The van der Waals surface area contributed by atoms with Crippen molar-refractivity contribution in [2.75, 3.05) is 6.54 Å². The molecule has 1 unspecified atom stereocenters. The molecule has 1 rings (SSSR count). The number of rotatable bonds is 4. The van der Waals surface area contributed by atoms with Crippen LogP contribution >= 0.6 is 0 Å². The highest BCUT2D eigenvalue weighted by molar-refractivity contribution is 5.80. The number of hydroxylamine groups is 2. The fourth-order valence-electron chi connectivity index (χ4n) is 1.88. The minimum atomic E-state index is -0.337. The van der Waals surface area contributed by atoms with Crippen LogP contribution in [0.2, 0.25) is 0 Å². The Bertz CT molecular complexity index is 241. The SMILES string of the molecule is CCCCC1CCC(=N)N(OC(C)=O)C1. The smallest absolute Gasteiger partial charge is 0.329 e.